The zero-order chi connectivity index (χ0) is 12.3. The summed E-state index contributed by atoms with van der Waals surface area (Å²) in [6, 6.07) is 7.91. The Morgan fingerprint density at radius 1 is 1.24 bits per heavy atom. The number of hydrogen-bond acceptors (Lipinski definition) is 3. The molecule has 0 aliphatic rings. The van der Waals surface area contributed by atoms with Crippen LogP contribution in [0.4, 0.5) is 0 Å². The second-order valence-corrected chi connectivity index (χ2v) is 3.76. The average Bonchev–Trinajstić information content (AvgIpc) is 2.72. The summed E-state index contributed by atoms with van der Waals surface area (Å²) < 4.78 is 7.41. The van der Waals surface area contributed by atoms with Crippen molar-refractivity contribution < 1.29 is 4.74 Å². The third kappa shape index (κ3) is 2.30. The van der Waals surface area contributed by atoms with Crippen molar-refractivity contribution in [2.24, 2.45) is 7.05 Å². The lowest BCUT2D eigenvalue weighted by atomic mass is 10.2. The molecule has 0 unspecified atom stereocenters. The van der Waals surface area contributed by atoms with Crippen LogP contribution in [0, 0.1) is 0 Å². The first-order valence-corrected chi connectivity index (χ1v) is 5.88. The van der Waals surface area contributed by atoms with E-state index in [4.69, 9.17) is 4.74 Å². The first-order valence-electron chi connectivity index (χ1n) is 5.88. The van der Waals surface area contributed by atoms with Crippen LogP contribution in [0.3, 0.4) is 0 Å². The fourth-order valence-corrected chi connectivity index (χ4v) is 1.75. The van der Waals surface area contributed by atoms with Gasteiger partial charge in [-0.05, 0) is 19.1 Å². The summed E-state index contributed by atoms with van der Waals surface area (Å²) in [5.41, 5.74) is 0.990. The predicted octanol–water partition coefficient (Wildman–Crippen LogP) is 2.44. The molecular weight excluding hydrogens is 214 g/mol. The van der Waals surface area contributed by atoms with Crippen LogP contribution in [0.5, 0.6) is 5.75 Å². The van der Waals surface area contributed by atoms with E-state index in [0.29, 0.717) is 6.61 Å². The van der Waals surface area contributed by atoms with E-state index in [0.717, 1.165) is 29.4 Å². The number of para-hydroxylation sites is 1. The van der Waals surface area contributed by atoms with Gasteiger partial charge in [0, 0.05) is 13.5 Å². The van der Waals surface area contributed by atoms with E-state index < -0.39 is 0 Å². The Morgan fingerprint density at radius 3 is 2.65 bits per heavy atom. The number of nitrogens with zero attached hydrogens (tertiary/aromatic N) is 3. The Balaban J connectivity index is 2.47. The van der Waals surface area contributed by atoms with Gasteiger partial charge < -0.3 is 4.74 Å². The molecule has 4 nitrogen and oxygen atoms in total. The SMILES string of the molecule is CCOc1ccccc1-c1nc(CC)nn1C. The number of aryl methyl sites for hydroxylation is 2. The van der Waals surface area contributed by atoms with Crippen molar-refractivity contribution in [2.45, 2.75) is 20.3 Å². The second kappa shape index (κ2) is 4.99. The van der Waals surface area contributed by atoms with E-state index in [1.54, 1.807) is 4.68 Å². The van der Waals surface area contributed by atoms with E-state index >= 15 is 0 Å². The molecule has 0 spiro atoms. The van der Waals surface area contributed by atoms with Crippen molar-refractivity contribution >= 4 is 0 Å². The van der Waals surface area contributed by atoms with Crippen molar-refractivity contribution in [3.05, 3.63) is 30.1 Å². The van der Waals surface area contributed by atoms with Crippen LogP contribution < -0.4 is 4.74 Å². The molecule has 0 radical (unpaired) electrons. The number of benzene rings is 1. The van der Waals surface area contributed by atoms with E-state index in [1.807, 2.05) is 45.2 Å². The molecule has 0 bridgehead atoms. The molecule has 0 N–H and O–H groups in total. The van der Waals surface area contributed by atoms with Gasteiger partial charge >= 0.3 is 0 Å². The summed E-state index contributed by atoms with van der Waals surface area (Å²) in [6.45, 7) is 4.67. The lowest BCUT2D eigenvalue weighted by Gasteiger charge is -2.08. The zero-order valence-corrected chi connectivity index (χ0v) is 10.5. The van der Waals surface area contributed by atoms with Crippen molar-refractivity contribution in [1.29, 1.82) is 0 Å². The first kappa shape index (κ1) is 11.6. The topological polar surface area (TPSA) is 39.9 Å². The molecule has 1 aromatic heterocycles. The summed E-state index contributed by atoms with van der Waals surface area (Å²) in [4.78, 5) is 4.51. The van der Waals surface area contributed by atoms with Crippen LogP contribution in [0.15, 0.2) is 24.3 Å². The molecule has 0 atom stereocenters. The zero-order valence-electron chi connectivity index (χ0n) is 10.5. The maximum Gasteiger partial charge on any atom is 0.161 e. The lowest BCUT2D eigenvalue weighted by molar-refractivity contribution is 0.341. The van der Waals surface area contributed by atoms with Crippen molar-refractivity contribution in [2.75, 3.05) is 6.61 Å². The Labute approximate surface area is 101 Å². The fraction of sp³-hybridized carbons (Fsp3) is 0.385. The summed E-state index contributed by atoms with van der Waals surface area (Å²) in [5.74, 6) is 2.56. The summed E-state index contributed by atoms with van der Waals surface area (Å²) in [7, 11) is 1.91. The molecule has 0 amide bonds. The van der Waals surface area contributed by atoms with Gasteiger partial charge in [-0.1, -0.05) is 19.1 Å². The molecule has 0 aliphatic carbocycles. The Morgan fingerprint density at radius 2 is 2.00 bits per heavy atom. The van der Waals surface area contributed by atoms with Crippen molar-refractivity contribution in [3.63, 3.8) is 0 Å². The van der Waals surface area contributed by atoms with Crippen LogP contribution in [0.2, 0.25) is 0 Å². The van der Waals surface area contributed by atoms with Crippen LogP contribution in [-0.4, -0.2) is 21.4 Å². The highest BCUT2D eigenvalue weighted by Crippen LogP contribution is 2.28. The second-order valence-electron chi connectivity index (χ2n) is 3.76. The van der Waals surface area contributed by atoms with Gasteiger partial charge in [-0.3, -0.25) is 0 Å². The van der Waals surface area contributed by atoms with Gasteiger partial charge in [0.15, 0.2) is 11.6 Å². The fourth-order valence-electron chi connectivity index (χ4n) is 1.75. The molecule has 0 saturated heterocycles. The monoisotopic (exact) mass is 231 g/mol. The van der Waals surface area contributed by atoms with E-state index in [2.05, 4.69) is 10.1 Å². The molecule has 0 saturated carbocycles. The molecule has 4 heteroatoms. The average molecular weight is 231 g/mol. The smallest absolute Gasteiger partial charge is 0.161 e. The van der Waals surface area contributed by atoms with Crippen LogP contribution in [-0.2, 0) is 13.5 Å². The standard InChI is InChI=1S/C13H17N3O/c1-4-12-14-13(16(3)15-12)10-8-6-7-9-11(10)17-5-2/h6-9H,4-5H2,1-3H3. The molecule has 1 heterocycles. The quantitative estimate of drug-likeness (QED) is 0.811. The lowest BCUT2D eigenvalue weighted by Crippen LogP contribution is -1.98. The number of hydrogen-bond donors (Lipinski definition) is 0. The molecule has 0 aliphatic heterocycles. The first-order chi connectivity index (χ1) is 8.26. The van der Waals surface area contributed by atoms with Gasteiger partial charge in [-0.25, -0.2) is 9.67 Å². The number of rotatable bonds is 4. The normalized spacial score (nSPS) is 10.5. The van der Waals surface area contributed by atoms with Crippen LogP contribution in [0.1, 0.15) is 19.7 Å². The third-order valence-corrected chi connectivity index (χ3v) is 2.55. The minimum absolute atomic E-state index is 0.648. The van der Waals surface area contributed by atoms with Gasteiger partial charge in [0.2, 0.25) is 0 Å². The van der Waals surface area contributed by atoms with Crippen LogP contribution >= 0.6 is 0 Å². The summed E-state index contributed by atoms with van der Waals surface area (Å²) in [6.07, 6.45) is 0.838. The van der Waals surface area contributed by atoms with Gasteiger partial charge in [-0.15, -0.1) is 0 Å². The summed E-state index contributed by atoms with van der Waals surface area (Å²) >= 11 is 0. The Bertz CT molecular complexity index is 505. The highest BCUT2D eigenvalue weighted by atomic mass is 16.5. The highest BCUT2D eigenvalue weighted by Gasteiger charge is 2.12. The Kier molecular flexibility index (Phi) is 3.42. The van der Waals surface area contributed by atoms with E-state index in [9.17, 15) is 0 Å². The third-order valence-electron chi connectivity index (χ3n) is 2.55. The molecule has 1 aromatic carbocycles. The molecular formula is C13H17N3O. The van der Waals surface area contributed by atoms with Crippen LogP contribution in [0.25, 0.3) is 11.4 Å². The largest absolute Gasteiger partial charge is 0.493 e. The maximum absolute atomic E-state index is 5.61. The summed E-state index contributed by atoms with van der Waals surface area (Å²) in [5, 5.41) is 4.36. The van der Waals surface area contributed by atoms with E-state index in [1.165, 1.54) is 0 Å². The van der Waals surface area contributed by atoms with Gasteiger partial charge in [0.05, 0.1) is 12.2 Å². The van der Waals surface area contributed by atoms with Gasteiger partial charge in [0.1, 0.15) is 5.75 Å². The highest BCUT2D eigenvalue weighted by molar-refractivity contribution is 5.64. The molecule has 90 valence electrons. The molecule has 0 fully saturated rings. The predicted molar refractivity (Wildman–Crippen MR) is 67.0 cm³/mol. The number of aromatic nitrogens is 3. The molecule has 2 rings (SSSR count). The maximum atomic E-state index is 5.61. The molecule has 2 aromatic rings. The van der Waals surface area contributed by atoms with Crippen molar-refractivity contribution in [1.82, 2.24) is 14.8 Å². The minimum Gasteiger partial charge on any atom is -0.493 e. The Hall–Kier alpha value is -1.84. The van der Waals surface area contributed by atoms with E-state index in [-0.39, 0.29) is 0 Å². The van der Waals surface area contributed by atoms with Crippen molar-refractivity contribution in [3.8, 4) is 17.1 Å². The number of ether oxygens (including phenoxy) is 1. The van der Waals surface area contributed by atoms with Gasteiger partial charge in [0.25, 0.3) is 0 Å². The molecule has 17 heavy (non-hydrogen) atoms. The minimum atomic E-state index is 0.648. The van der Waals surface area contributed by atoms with Gasteiger partial charge in [-0.2, -0.15) is 5.10 Å².